The van der Waals surface area contributed by atoms with Gasteiger partial charge in [0.05, 0.1) is 0 Å². The molecule has 1 atom stereocenters. The molecule has 19 heavy (non-hydrogen) atoms. The molecule has 0 saturated carbocycles. The van der Waals surface area contributed by atoms with E-state index in [1.54, 1.807) is 0 Å². The molecule has 0 bridgehead atoms. The van der Waals surface area contributed by atoms with Crippen LogP contribution in [0.1, 0.15) is 12.8 Å². The second-order valence-corrected chi connectivity index (χ2v) is 4.32. The third-order valence-corrected chi connectivity index (χ3v) is 2.89. The summed E-state index contributed by atoms with van der Waals surface area (Å²) in [5.41, 5.74) is 0.362. The van der Waals surface area contributed by atoms with Crippen molar-refractivity contribution in [3.8, 4) is 11.5 Å². The molecule has 1 aromatic carbocycles. The maximum absolute atomic E-state index is 12.8. The number of amides is 1. The van der Waals surface area contributed by atoms with Gasteiger partial charge in [-0.1, -0.05) is 0 Å². The molecule has 1 saturated heterocycles. The molecule has 7 heteroatoms. The zero-order valence-electron chi connectivity index (χ0n) is 9.82. The first kappa shape index (κ1) is 12.2. The minimum Gasteiger partial charge on any atom is -0.395 e. The van der Waals surface area contributed by atoms with E-state index in [2.05, 4.69) is 14.8 Å². The number of anilines is 1. The van der Waals surface area contributed by atoms with Gasteiger partial charge in [-0.25, -0.2) is 0 Å². The number of rotatable bonds is 2. The van der Waals surface area contributed by atoms with E-state index in [0.717, 1.165) is 6.42 Å². The van der Waals surface area contributed by atoms with Crippen LogP contribution in [0, 0.1) is 0 Å². The molecule has 1 unspecified atom stereocenters. The highest BCUT2D eigenvalue weighted by molar-refractivity contribution is 5.94. The number of alkyl halides is 2. The van der Waals surface area contributed by atoms with Crippen molar-refractivity contribution in [2.75, 3.05) is 11.9 Å². The number of hydrogen-bond donors (Lipinski definition) is 1. The lowest BCUT2D eigenvalue weighted by Crippen LogP contribution is -2.26. The third-order valence-electron chi connectivity index (χ3n) is 2.89. The smallest absolute Gasteiger partial charge is 0.395 e. The Hall–Kier alpha value is -1.89. The van der Waals surface area contributed by atoms with Crippen LogP contribution in [0.15, 0.2) is 18.2 Å². The number of hydrogen-bond acceptors (Lipinski definition) is 4. The van der Waals surface area contributed by atoms with Gasteiger partial charge < -0.3 is 19.5 Å². The lowest BCUT2D eigenvalue weighted by molar-refractivity contribution is -0.286. The molecule has 102 valence electrons. The van der Waals surface area contributed by atoms with Crippen molar-refractivity contribution >= 4 is 11.6 Å². The van der Waals surface area contributed by atoms with Gasteiger partial charge in [-0.05, 0) is 25.0 Å². The molecular weight excluding hydrogens is 260 g/mol. The lowest BCUT2D eigenvalue weighted by atomic mass is 10.2. The molecule has 2 aliphatic rings. The zero-order chi connectivity index (χ0) is 13.5. The quantitative estimate of drug-likeness (QED) is 0.895. The summed E-state index contributed by atoms with van der Waals surface area (Å²) in [7, 11) is 0. The van der Waals surface area contributed by atoms with Crippen molar-refractivity contribution in [3.05, 3.63) is 18.2 Å². The summed E-state index contributed by atoms with van der Waals surface area (Å²) in [5.74, 6) is -0.446. The molecule has 0 aromatic heterocycles. The number of ether oxygens (including phenoxy) is 3. The van der Waals surface area contributed by atoms with E-state index in [-0.39, 0.29) is 17.4 Å². The van der Waals surface area contributed by atoms with Gasteiger partial charge in [0.2, 0.25) is 0 Å². The molecule has 0 spiro atoms. The first-order valence-electron chi connectivity index (χ1n) is 5.86. The fourth-order valence-corrected chi connectivity index (χ4v) is 2.03. The standard InChI is InChI=1S/C12H11F2NO4/c13-12(14)18-8-4-3-7(6-10(8)19-12)15-11(16)9-2-1-5-17-9/h3-4,6,9H,1-2,5H2,(H,15,16). The average Bonchev–Trinajstić information content (AvgIpc) is 2.93. The van der Waals surface area contributed by atoms with Crippen LogP contribution in [0.5, 0.6) is 11.5 Å². The van der Waals surface area contributed by atoms with Crippen molar-refractivity contribution < 1.29 is 27.8 Å². The predicted molar refractivity (Wildman–Crippen MR) is 60.2 cm³/mol. The summed E-state index contributed by atoms with van der Waals surface area (Å²) in [6.45, 7) is 0.561. The second kappa shape index (κ2) is 4.34. The molecule has 2 aliphatic heterocycles. The van der Waals surface area contributed by atoms with Crippen LogP contribution < -0.4 is 14.8 Å². The van der Waals surface area contributed by atoms with E-state index in [1.165, 1.54) is 18.2 Å². The first-order valence-corrected chi connectivity index (χ1v) is 5.86. The van der Waals surface area contributed by atoms with Crippen molar-refractivity contribution in [3.63, 3.8) is 0 Å². The van der Waals surface area contributed by atoms with Gasteiger partial charge in [0.15, 0.2) is 11.5 Å². The Labute approximate surface area is 107 Å². The Bertz CT molecular complexity index is 514. The molecule has 2 heterocycles. The van der Waals surface area contributed by atoms with Crippen LogP contribution >= 0.6 is 0 Å². The summed E-state index contributed by atoms with van der Waals surface area (Å²) in [4.78, 5) is 11.8. The van der Waals surface area contributed by atoms with Gasteiger partial charge >= 0.3 is 6.29 Å². The molecule has 1 amide bonds. The zero-order valence-corrected chi connectivity index (χ0v) is 9.82. The van der Waals surface area contributed by atoms with Crippen LogP contribution in [-0.4, -0.2) is 24.9 Å². The highest BCUT2D eigenvalue weighted by Gasteiger charge is 2.43. The maximum Gasteiger partial charge on any atom is 0.586 e. The molecule has 0 radical (unpaired) electrons. The fraction of sp³-hybridized carbons (Fsp3) is 0.417. The van der Waals surface area contributed by atoms with E-state index in [4.69, 9.17) is 4.74 Å². The topological polar surface area (TPSA) is 56.8 Å². The normalized spacial score (nSPS) is 23.4. The molecule has 0 aliphatic carbocycles. The Kier molecular flexibility index (Phi) is 2.78. The van der Waals surface area contributed by atoms with Gasteiger partial charge in [-0.3, -0.25) is 4.79 Å². The molecule has 3 rings (SSSR count). The molecule has 1 N–H and O–H groups in total. The van der Waals surface area contributed by atoms with Crippen LogP contribution in [0.3, 0.4) is 0 Å². The van der Waals surface area contributed by atoms with Gasteiger partial charge in [0.1, 0.15) is 6.10 Å². The van der Waals surface area contributed by atoms with Crippen LogP contribution in [-0.2, 0) is 9.53 Å². The van der Waals surface area contributed by atoms with Crippen molar-refractivity contribution in [2.45, 2.75) is 25.2 Å². The van der Waals surface area contributed by atoms with Crippen molar-refractivity contribution in [2.24, 2.45) is 0 Å². The Morgan fingerprint density at radius 2 is 2.11 bits per heavy atom. The maximum atomic E-state index is 12.8. The van der Waals surface area contributed by atoms with Gasteiger partial charge in [-0.2, -0.15) is 0 Å². The fourth-order valence-electron chi connectivity index (χ4n) is 2.03. The lowest BCUT2D eigenvalue weighted by Gasteiger charge is -2.10. The van der Waals surface area contributed by atoms with Crippen molar-refractivity contribution in [1.82, 2.24) is 0 Å². The van der Waals surface area contributed by atoms with E-state index in [0.29, 0.717) is 18.7 Å². The summed E-state index contributed by atoms with van der Waals surface area (Å²) in [6, 6.07) is 4.08. The Balaban J connectivity index is 1.71. The van der Waals surface area contributed by atoms with Crippen molar-refractivity contribution in [1.29, 1.82) is 0 Å². The van der Waals surface area contributed by atoms with Gasteiger partial charge in [0, 0.05) is 18.4 Å². The van der Waals surface area contributed by atoms with Crippen LogP contribution in [0.4, 0.5) is 14.5 Å². The van der Waals surface area contributed by atoms with Gasteiger partial charge in [-0.15, -0.1) is 8.78 Å². The summed E-state index contributed by atoms with van der Waals surface area (Å²) >= 11 is 0. The number of fused-ring (bicyclic) bond motifs is 1. The number of benzene rings is 1. The van der Waals surface area contributed by atoms with E-state index < -0.39 is 12.4 Å². The minimum atomic E-state index is -3.65. The monoisotopic (exact) mass is 271 g/mol. The van der Waals surface area contributed by atoms with E-state index in [9.17, 15) is 13.6 Å². The Morgan fingerprint density at radius 1 is 1.32 bits per heavy atom. The number of carbonyl (C=O) groups is 1. The van der Waals surface area contributed by atoms with Crippen LogP contribution in [0.2, 0.25) is 0 Å². The second-order valence-electron chi connectivity index (χ2n) is 4.32. The number of nitrogens with one attached hydrogen (secondary N) is 1. The highest BCUT2D eigenvalue weighted by Crippen LogP contribution is 2.42. The first-order chi connectivity index (χ1) is 9.03. The number of carbonyl (C=O) groups excluding carboxylic acids is 1. The predicted octanol–water partition coefficient (Wildman–Crippen LogP) is 2.13. The summed E-state index contributed by atoms with van der Waals surface area (Å²) in [5, 5.41) is 2.60. The van der Waals surface area contributed by atoms with Gasteiger partial charge in [0.25, 0.3) is 5.91 Å². The summed E-state index contributed by atoms with van der Waals surface area (Å²) in [6.07, 6.45) is -2.63. The van der Waals surface area contributed by atoms with E-state index in [1.807, 2.05) is 0 Å². The number of halogens is 2. The van der Waals surface area contributed by atoms with E-state index >= 15 is 0 Å². The molecule has 1 aromatic rings. The van der Waals surface area contributed by atoms with Crippen LogP contribution in [0.25, 0.3) is 0 Å². The summed E-state index contributed by atoms with van der Waals surface area (Å²) < 4.78 is 39.4. The minimum absolute atomic E-state index is 0.0554. The molecule has 1 fully saturated rings. The SMILES string of the molecule is O=C(Nc1ccc2c(c1)OC(F)(F)O2)C1CCCO1. The third kappa shape index (κ3) is 2.46. The Morgan fingerprint density at radius 3 is 2.84 bits per heavy atom. The molecule has 5 nitrogen and oxygen atoms in total. The largest absolute Gasteiger partial charge is 0.586 e. The highest BCUT2D eigenvalue weighted by atomic mass is 19.3. The average molecular weight is 271 g/mol. The molecular formula is C12H11F2NO4.